The summed E-state index contributed by atoms with van der Waals surface area (Å²) < 4.78 is 1.75. The zero-order valence-electron chi connectivity index (χ0n) is 8.51. The normalized spacial score (nSPS) is 10.5. The van der Waals surface area contributed by atoms with Crippen LogP contribution in [0.5, 0.6) is 0 Å². The molecule has 0 saturated heterocycles. The van der Waals surface area contributed by atoms with E-state index in [-0.39, 0.29) is 5.78 Å². The smallest absolute Gasteiger partial charge is 0.173 e. The van der Waals surface area contributed by atoms with Crippen LogP contribution in [0.25, 0.3) is 0 Å². The van der Waals surface area contributed by atoms with Gasteiger partial charge in [0, 0.05) is 19.7 Å². The van der Waals surface area contributed by atoms with Crippen molar-refractivity contribution in [2.45, 2.75) is 12.8 Å². The number of aryl methyl sites for hydroxylation is 2. The van der Waals surface area contributed by atoms with Gasteiger partial charge in [-0.05, 0) is 23.4 Å². The highest BCUT2D eigenvalue weighted by atomic mass is 32.1. The van der Waals surface area contributed by atoms with E-state index in [1.54, 1.807) is 4.68 Å². The monoisotopic (exact) mass is 220 g/mol. The highest BCUT2D eigenvalue weighted by Crippen LogP contribution is 2.13. The molecule has 0 N–H and O–H groups in total. The Hall–Kier alpha value is -1.42. The molecule has 0 atom stereocenters. The maximum absolute atomic E-state index is 11.7. The van der Waals surface area contributed by atoms with Crippen molar-refractivity contribution < 1.29 is 4.79 Å². The number of nitrogens with zero attached hydrogens (tertiary/aromatic N) is 2. The molecule has 0 aliphatic carbocycles. The molecule has 78 valence electrons. The minimum atomic E-state index is 0.217. The summed E-state index contributed by atoms with van der Waals surface area (Å²) in [6, 6.07) is 3.78. The number of hydrogen-bond donors (Lipinski definition) is 0. The zero-order chi connectivity index (χ0) is 10.7. The average Bonchev–Trinajstić information content (AvgIpc) is 2.84. The Balaban J connectivity index is 1.91. The second kappa shape index (κ2) is 4.40. The van der Waals surface area contributed by atoms with Crippen LogP contribution in [0.15, 0.2) is 29.9 Å². The number of rotatable bonds is 4. The van der Waals surface area contributed by atoms with Crippen molar-refractivity contribution in [2.24, 2.45) is 7.05 Å². The molecule has 0 spiro atoms. The van der Waals surface area contributed by atoms with Crippen LogP contribution in [-0.4, -0.2) is 15.6 Å². The molecule has 15 heavy (non-hydrogen) atoms. The standard InChI is InChI=1S/C11H12N2OS/c1-13-8-9(7-12-13)4-5-10(14)11-3-2-6-15-11/h2-3,6-8H,4-5H2,1H3. The van der Waals surface area contributed by atoms with Gasteiger partial charge < -0.3 is 0 Å². The van der Waals surface area contributed by atoms with Gasteiger partial charge in [0.2, 0.25) is 0 Å². The summed E-state index contributed by atoms with van der Waals surface area (Å²) in [5, 5.41) is 5.99. The van der Waals surface area contributed by atoms with E-state index in [1.165, 1.54) is 11.3 Å². The van der Waals surface area contributed by atoms with Crippen molar-refractivity contribution in [1.82, 2.24) is 9.78 Å². The molecule has 0 radical (unpaired) electrons. The van der Waals surface area contributed by atoms with Gasteiger partial charge >= 0.3 is 0 Å². The summed E-state index contributed by atoms with van der Waals surface area (Å²) in [6.07, 6.45) is 5.08. The molecule has 0 saturated carbocycles. The first-order valence-corrected chi connectivity index (χ1v) is 5.68. The Morgan fingerprint density at radius 3 is 3.07 bits per heavy atom. The Morgan fingerprint density at radius 1 is 1.60 bits per heavy atom. The molecule has 2 heterocycles. The minimum absolute atomic E-state index is 0.217. The van der Waals surface area contributed by atoms with Crippen LogP contribution in [0.3, 0.4) is 0 Å². The summed E-state index contributed by atoms with van der Waals surface area (Å²) in [4.78, 5) is 12.5. The number of thiophene rings is 1. The Bertz CT molecular complexity index is 445. The molecular formula is C11H12N2OS. The van der Waals surface area contributed by atoms with E-state index in [1.807, 2.05) is 37.0 Å². The summed E-state index contributed by atoms with van der Waals surface area (Å²) in [7, 11) is 1.88. The lowest BCUT2D eigenvalue weighted by Gasteiger charge is -1.95. The van der Waals surface area contributed by atoms with Crippen molar-refractivity contribution in [1.29, 1.82) is 0 Å². The second-order valence-electron chi connectivity index (χ2n) is 3.42. The molecule has 2 aromatic rings. The van der Waals surface area contributed by atoms with Gasteiger partial charge in [-0.15, -0.1) is 11.3 Å². The molecular weight excluding hydrogens is 208 g/mol. The zero-order valence-corrected chi connectivity index (χ0v) is 9.33. The lowest BCUT2D eigenvalue weighted by Crippen LogP contribution is -1.97. The van der Waals surface area contributed by atoms with Crippen LogP contribution in [-0.2, 0) is 13.5 Å². The number of carbonyl (C=O) groups is 1. The largest absolute Gasteiger partial charge is 0.293 e. The fourth-order valence-electron chi connectivity index (χ4n) is 1.42. The third-order valence-corrected chi connectivity index (χ3v) is 3.11. The lowest BCUT2D eigenvalue weighted by molar-refractivity contribution is 0.0987. The fraction of sp³-hybridized carbons (Fsp3) is 0.273. The van der Waals surface area contributed by atoms with E-state index in [0.29, 0.717) is 6.42 Å². The molecule has 2 rings (SSSR count). The van der Waals surface area contributed by atoms with Gasteiger partial charge in [-0.25, -0.2) is 0 Å². The van der Waals surface area contributed by atoms with E-state index >= 15 is 0 Å². The fourth-order valence-corrected chi connectivity index (χ4v) is 2.11. The van der Waals surface area contributed by atoms with E-state index in [4.69, 9.17) is 0 Å². The molecule has 0 aliphatic rings. The van der Waals surface area contributed by atoms with Crippen LogP contribution in [0.2, 0.25) is 0 Å². The summed E-state index contributed by atoms with van der Waals surface area (Å²) in [5.41, 5.74) is 1.11. The molecule has 0 amide bonds. The third-order valence-electron chi connectivity index (χ3n) is 2.20. The number of ketones is 1. The van der Waals surface area contributed by atoms with E-state index < -0.39 is 0 Å². The van der Waals surface area contributed by atoms with Crippen LogP contribution in [0.4, 0.5) is 0 Å². The Morgan fingerprint density at radius 2 is 2.47 bits per heavy atom. The van der Waals surface area contributed by atoms with Gasteiger partial charge in [-0.3, -0.25) is 9.48 Å². The van der Waals surface area contributed by atoms with Gasteiger partial charge in [0.25, 0.3) is 0 Å². The molecule has 3 nitrogen and oxygen atoms in total. The van der Waals surface area contributed by atoms with E-state index in [2.05, 4.69) is 5.10 Å². The van der Waals surface area contributed by atoms with Crippen LogP contribution in [0, 0.1) is 0 Å². The quantitative estimate of drug-likeness (QED) is 0.741. The first kappa shape index (κ1) is 10.1. The SMILES string of the molecule is Cn1cc(CCC(=O)c2cccs2)cn1. The Labute approximate surface area is 92.4 Å². The maximum Gasteiger partial charge on any atom is 0.173 e. The third kappa shape index (κ3) is 2.53. The predicted molar refractivity (Wildman–Crippen MR) is 60.2 cm³/mol. The minimum Gasteiger partial charge on any atom is -0.293 e. The van der Waals surface area contributed by atoms with Crippen molar-refractivity contribution in [2.75, 3.05) is 0 Å². The highest BCUT2D eigenvalue weighted by molar-refractivity contribution is 7.12. The predicted octanol–water partition coefficient (Wildman–Crippen LogP) is 2.30. The van der Waals surface area contributed by atoms with E-state index in [0.717, 1.165) is 16.9 Å². The second-order valence-corrected chi connectivity index (χ2v) is 4.37. The average molecular weight is 220 g/mol. The number of hydrogen-bond acceptors (Lipinski definition) is 3. The summed E-state index contributed by atoms with van der Waals surface area (Å²) >= 11 is 1.50. The summed E-state index contributed by atoms with van der Waals surface area (Å²) in [6.45, 7) is 0. The summed E-state index contributed by atoms with van der Waals surface area (Å²) in [5.74, 6) is 0.217. The molecule has 0 aliphatic heterocycles. The van der Waals surface area contributed by atoms with Crippen LogP contribution < -0.4 is 0 Å². The van der Waals surface area contributed by atoms with Gasteiger partial charge in [-0.1, -0.05) is 6.07 Å². The maximum atomic E-state index is 11.7. The van der Waals surface area contributed by atoms with E-state index in [9.17, 15) is 4.79 Å². The van der Waals surface area contributed by atoms with Gasteiger partial charge in [0.15, 0.2) is 5.78 Å². The molecule has 0 fully saturated rings. The first-order chi connectivity index (χ1) is 7.25. The first-order valence-electron chi connectivity index (χ1n) is 4.80. The van der Waals surface area contributed by atoms with Crippen molar-refractivity contribution in [3.05, 3.63) is 40.3 Å². The number of aromatic nitrogens is 2. The van der Waals surface area contributed by atoms with Crippen molar-refractivity contribution in [3.8, 4) is 0 Å². The molecule has 4 heteroatoms. The van der Waals surface area contributed by atoms with Crippen LogP contribution >= 0.6 is 11.3 Å². The molecule has 0 unspecified atom stereocenters. The number of Topliss-reactive ketones (excluding diaryl/α,β-unsaturated/α-hetero) is 1. The molecule has 0 bridgehead atoms. The van der Waals surface area contributed by atoms with Crippen LogP contribution in [0.1, 0.15) is 21.7 Å². The van der Waals surface area contributed by atoms with Gasteiger partial charge in [-0.2, -0.15) is 5.10 Å². The lowest BCUT2D eigenvalue weighted by atomic mass is 10.1. The van der Waals surface area contributed by atoms with Gasteiger partial charge in [0.1, 0.15) is 0 Å². The molecule has 0 aromatic carbocycles. The molecule has 2 aromatic heterocycles. The van der Waals surface area contributed by atoms with Gasteiger partial charge in [0.05, 0.1) is 11.1 Å². The van der Waals surface area contributed by atoms with Crippen molar-refractivity contribution in [3.63, 3.8) is 0 Å². The Kier molecular flexibility index (Phi) is 2.97. The number of carbonyl (C=O) groups excluding carboxylic acids is 1. The topological polar surface area (TPSA) is 34.9 Å². The highest BCUT2D eigenvalue weighted by Gasteiger charge is 2.07. The van der Waals surface area contributed by atoms with Crippen molar-refractivity contribution >= 4 is 17.1 Å².